The van der Waals surface area contributed by atoms with E-state index < -0.39 is 11.4 Å². The Kier molecular flexibility index (Phi) is 5.02. The first-order valence-electron chi connectivity index (χ1n) is 5.88. The van der Waals surface area contributed by atoms with Crippen molar-refractivity contribution in [1.82, 2.24) is 5.32 Å². The number of benzene rings is 1. The molecule has 0 aliphatic heterocycles. The molecule has 102 valence electrons. The van der Waals surface area contributed by atoms with Crippen LogP contribution in [0, 0.1) is 17.1 Å². The molecule has 1 N–H and O–H groups in total. The molecule has 0 unspecified atom stereocenters. The fraction of sp³-hybridized carbons (Fsp3) is 0.429. The Labute approximate surface area is 112 Å². The number of amides is 1. The van der Waals surface area contributed by atoms with Crippen molar-refractivity contribution in [3.63, 3.8) is 0 Å². The number of carbonyl (C=O) groups is 1. The highest BCUT2D eigenvalue weighted by molar-refractivity contribution is 5.76. The molecule has 1 amide bonds. The van der Waals surface area contributed by atoms with Gasteiger partial charge in [0, 0.05) is 19.2 Å². The second-order valence-corrected chi connectivity index (χ2v) is 4.84. The quantitative estimate of drug-likeness (QED) is 0.886. The van der Waals surface area contributed by atoms with Gasteiger partial charge in [0.15, 0.2) is 0 Å². The van der Waals surface area contributed by atoms with Gasteiger partial charge in [0.2, 0.25) is 5.91 Å². The summed E-state index contributed by atoms with van der Waals surface area (Å²) in [6.45, 7) is 3.69. The van der Waals surface area contributed by atoms with Crippen molar-refractivity contribution in [2.75, 3.05) is 7.11 Å². The maximum absolute atomic E-state index is 13.6. The Bertz CT molecular complexity index is 507. The van der Waals surface area contributed by atoms with Crippen LogP contribution >= 0.6 is 0 Å². The molecule has 0 radical (unpaired) electrons. The highest BCUT2D eigenvalue weighted by Gasteiger charge is 2.20. The molecule has 0 atom stereocenters. The topological polar surface area (TPSA) is 62.1 Å². The van der Waals surface area contributed by atoms with E-state index in [0.29, 0.717) is 5.56 Å². The molecule has 4 nitrogen and oxygen atoms in total. The lowest BCUT2D eigenvalue weighted by molar-refractivity contribution is -0.126. The first-order chi connectivity index (χ1) is 8.88. The predicted molar refractivity (Wildman–Crippen MR) is 68.7 cm³/mol. The average Bonchev–Trinajstić information content (AvgIpc) is 2.36. The van der Waals surface area contributed by atoms with Crippen LogP contribution in [0.25, 0.3) is 0 Å². The van der Waals surface area contributed by atoms with Gasteiger partial charge in [-0.05, 0) is 26.0 Å². The van der Waals surface area contributed by atoms with Crippen LogP contribution in [0.5, 0.6) is 0 Å². The van der Waals surface area contributed by atoms with Crippen LogP contribution in [-0.4, -0.2) is 18.6 Å². The number of nitrogens with zero attached hydrogens (tertiary/aromatic N) is 1. The molecule has 0 saturated carbocycles. The normalized spacial score (nSPS) is 10.9. The number of nitrogens with one attached hydrogen (secondary N) is 1. The highest BCUT2D eigenvalue weighted by Crippen LogP contribution is 2.13. The summed E-state index contributed by atoms with van der Waals surface area (Å²) in [6.07, 6.45) is 0.196. The number of nitriles is 1. The fourth-order valence-corrected chi connectivity index (χ4v) is 1.48. The number of rotatable bonds is 5. The van der Waals surface area contributed by atoms with Gasteiger partial charge in [-0.25, -0.2) is 4.39 Å². The van der Waals surface area contributed by atoms with Gasteiger partial charge in [-0.1, -0.05) is 6.07 Å². The van der Waals surface area contributed by atoms with E-state index in [1.165, 1.54) is 19.2 Å². The van der Waals surface area contributed by atoms with Crippen LogP contribution in [0.2, 0.25) is 0 Å². The van der Waals surface area contributed by atoms with E-state index in [1.807, 2.05) is 6.07 Å². The third-order valence-corrected chi connectivity index (χ3v) is 2.80. The van der Waals surface area contributed by atoms with Crippen molar-refractivity contribution in [3.8, 4) is 6.07 Å². The third-order valence-electron chi connectivity index (χ3n) is 2.80. The molecule has 1 rings (SSSR count). The van der Waals surface area contributed by atoms with E-state index in [0.717, 1.165) is 6.07 Å². The molecule has 5 heteroatoms. The Hall–Kier alpha value is -1.93. The Morgan fingerprint density at radius 2 is 2.21 bits per heavy atom. The maximum Gasteiger partial charge on any atom is 0.223 e. The molecule has 0 spiro atoms. The van der Waals surface area contributed by atoms with Crippen molar-refractivity contribution in [3.05, 3.63) is 35.1 Å². The SMILES string of the molecule is COC(C)(C)CC(=O)NCc1ccc(C#N)cc1F. The molecule has 1 aromatic rings. The summed E-state index contributed by atoms with van der Waals surface area (Å²) in [5, 5.41) is 11.3. The summed E-state index contributed by atoms with van der Waals surface area (Å²) in [5.41, 5.74) is 0.0588. The zero-order valence-electron chi connectivity index (χ0n) is 11.3. The smallest absolute Gasteiger partial charge is 0.223 e. The molecule has 0 aliphatic rings. The molecule has 0 bridgehead atoms. The fourth-order valence-electron chi connectivity index (χ4n) is 1.48. The van der Waals surface area contributed by atoms with E-state index in [-0.39, 0.29) is 24.4 Å². The summed E-state index contributed by atoms with van der Waals surface area (Å²) in [6, 6.07) is 6.02. The van der Waals surface area contributed by atoms with E-state index in [2.05, 4.69) is 5.32 Å². The summed E-state index contributed by atoms with van der Waals surface area (Å²) >= 11 is 0. The summed E-state index contributed by atoms with van der Waals surface area (Å²) in [4.78, 5) is 11.7. The van der Waals surface area contributed by atoms with Crippen LogP contribution in [-0.2, 0) is 16.1 Å². The summed E-state index contributed by atoms with van der Waals surface area (Å²) in [5.74, 6) is -0.707. The van der Waals surface area contributed by atoms with Crippen molar-refractivity contribution in [1.29, 1.82) is 5.26 Å². The van der Waals surface area contributed by atoms with E-state index in [9.17, 15) is 9.18 Å². The van der Waals surface area contributed by atoms with Gasteiger partial charge in [-0.3, -0.25) is 4.79 Å². The summed E-state index contributed by atoms with van der Waals surface area (Å²) in [7, 11) is 1.54. The first-order valence-corrected chi connectivity index (χ1v) is 5.88. The van der Waals surface area contributed by atoms with Crippen molar-refractivity contribution < 1.29 is 13.9 Å². The first kappa shape index (κ1) is 15.1. The van der Waals surface area contributed by atoms with Gasteiger partial charge < -0.3 is 10.1 Å². The number of hydrogen-bond acceptors (Lipinski definition) is 3. The molecule has 0 aliphatic carbocycles. The monoisotopic (exact) mass is 264 g/mol. The second-order valence-electron chi connectivity index (χ2n) is 4.84. The molecule has 1 aromatic carbocycles. The lowest BCUT2D eigenvalue weighted by Crippen LogP contribution is -2.33. The zero-order chi connectivity index (χ0) is 14.5. The zero-order valence-corrected chi connectivity index (χ0v) is 11.3. The van der Waals surface area contributed by atoms with Crippen LogP contribution in [0.1, 0.15) is 31.4 Å². The van der Waals surface area contributed by atoms with Crippen molar-refractivity contribution in [2.45, 2.75) is 32.4 Å². The van der Waals surface area contributed by atoms with Gasteiger partial charge in [-0.2, -0.15) is 5.26 Å². The number of halogens is 1. The largest absolute Gasteiger partial charge is 0.378 e. The Morgan fingerprint density at radius 1 is 1.53 bits per heavy atom. The van der Waals surface area contributed by atoms with E-state index in [1.54, 1.807) is 13.8 Å². The number of ether oxygens (including phenoxy) is 1. The van der Waals surface area contributed by atoms with E-state index in [4.69, 9.17) is 10.00 Å². The molecule has 0 aromatic heterocycles. The average molecular weight is 264 g/mol. The standard InChI is InChI=1S/C14H17FN2O2/c1-14(2,19-3)7-13(18)17-9-11-5-4-10(8-16)6-12(11)15/h4-6H,7,9H2,1-3H3,(H,17,18). The van der Waals surface area contributed by atoms with Crippen LogP contribution in [0.15, 0.2) is 18.2 Å². The number of methoxy groups -OCH3 is 1. The number of hydrogen-bond donors (Lipinski definition) is 1. The third kappa shape index (κ3) is 4.68. The molecule has 0 heterocycles. The van der Waals surface area contributed by atoms with Gasteiger partial charge >= 0.3 is 0 Å². The molecule has 0 saturated heterocycles. The second kappa shape index (κ2) is 6.30. The van der Waals surface area contributed by atoms with Gasteiger partial charge in [0.1, 0.15) is 5.82 Å². The lowest BCUT2D eigenvalue weighted by atomic mass is 10.0. The minimum absolute atomic E-state index is 0.0934. The van der Waals surface area contributed by atoms with Crippen molar-refractivity contribution >= 4 is 5.91 Å². The van der Waals surface area contributed by atoms with Gasteiger partial charge in [-0.15, -0.1) is 0 Å². The predicted octanol–water partition coefficient (Wildman–Crippen LogP) is 2.13. The van der Waals surface area contributed by atoms with Gasteiger partial charge in [0.25, 0.3) is 0 Å². The highest BCUT2D eigenvalue weighted by atomic mass is 19.1. The molecule has 0 fully saturated rings. The van der Waals surface area contributed by atoms with Crippen molar-refractivity contribution in [2.24, 2.45) is 0 Å². The minimum Gasteiger partial charge on any atom is -0.378 e. The lowest BCUT2D eigenvalue weighted by Gasteiger charge is -2.21. The number of carbonyl (C=O) groups excluding carboxylic acids is 1. The molecular weight excluding hydrogens is 247 g/mol. The van der Waals surface area contributed by atoms with E-state index >= 15 is 0 Å². The molecule has 19 heavy (non-hydrogen) atoms. The summed E-state index contributed by atoms with van der Waals surface area (Å²) < 4.78 is 18.7. The van der Waals surface area contributed by atoms with Gasteiger partial charge in [0.05, 0.1) is 23.7 Å². The van der Waals surface area contributed by atoms with Crippen LogP contribution in [0.3, 0.4) is 0 Å². The Morgan fingerprint density at radius 3 is 2.74 bits per heavy atom. The molecular formula is C14H17FN2O2. The Balaban J connectivity index is 2.58. The van der Waals surface area contributed by atoms with Crippen LogP contribution < -0.4 is 5.32 Å². The maximum atomic E-state index is 13.6. The van der Waals surface area contributed by atoms with Crippen LogP contribution in [0.4, 0.5) is 4.39 Å². The minimum atomic E-state index is -0.548.